The first-order valence-corrected chi connectivity index (χ1v) is 7.35. The number of carbonyl (C=O) groups excluding carboxylic acids is 1. The van der Waals surface area contributed by atoms with Crippen molar-refractivity contribution >= 4 is 11.6 Å². The molecule has 1 saturated carbocycles. The van der Waals surface area contributed by atoms with E-state index in [0.29, 0.717) is 18.2 Å². The zero-order valence-corrected chi connectivity index (χ0v) is 12.6. The number of benzene rings is 1. The summed E-state index contributed by atoms with van der Waals surface area (Å²) in [4.78, 5) is 16.3. The van der Waals surface area contributed by atoms with Gasteiger partial charge in [0.15, 0.2) is 5.78 Å². The monoisotopic (exact) mass is 272 g/mol. The van der Waals surface area contributed by atoms with Gasteiger partial charge in [0.1, 0.15) is 5.54 Å². The van der Waals surface area contributed by atoms with Crippen LogP contribution in [0.2, 0.25) is 0 Å². The summed E-state index contributed by atoms with van der Waals surface area (Å²) < 4.78 is 0. The molecule has 1 fully saturated rings. The Kier molecular flexibility index (Phi) is 4.26. The Bertz CT molecular complexity index is 507. The molecule has 0 aliphatic heterocycles. The van der Waals surface area contributed by atoms with Crippen molar-refractivity contribution in [3.05, 3.63) is 35.9 Å². The SMILES string of the molecule is CC(C)CC1(N=C(N)C(C)Cc2ccccc2)CC1=O. The second kappa shape index (κ2) is 5.78. The molecule has 2 N–H and O–H groups in total. The molecule has 108 valence electrons. The van der Waals surface area contributed by atoms with Gasteiger partial charge in [-0.05, 0) is 24.3 Å². The van der Waals surface area contributed by atoms with Crippen LogP contribution in [0.25, 0.3) is 0 Å². The van der Waals surface area contributed by atoms with Gasteiger partial charge in [0.2, 0.25) is 0 Å². The number of aliphatic imine (C=N–C) groups is 1. The number of ketones is 1. The summed E-state index contributed by atoms with van der Waals surface area (Å²) in [5, 5.41) is 0. The van der Waals surface area contributed by atoms with Crippen LogP contribution in [-0.2, 0) is 11.2 Å². The molecule has 0 aromatic heterocycles. The Hall–Kier alpha value is -1.64. The van der Waals surface area contributed by atoms with Gasteiger partial charge in [-0.1, -0.05) is 51.1 Å². The van der Waals surface area contributed by atoms with Crippen LogP contribution < -0.4 is 5.73 Å². The lowest BCUT2D eigenvalue weighted by molar-refractivity contribution is -0.111. The predicted molar refractivity (Wildman–Crippen MR) is 82.7 cm³/mol. The van der Waals surface area contributed by atoms with Crippen molar-refractivity contribution in [2.45, 2.75) is 45.6 Å². The Morgan fingerprint density at radius 1 is 1.30 bits per heavy atom. The minimum Gasteiger partial charge on any atom is -0.387 e. The standard InChI is InChI=1S/C17H24N2O/c1-12(2)10-17(11-15(17)20)19-16(18)13(3)9-14-7-5-4-6-8-14/h4-8,12-13H,9-11H2,1-3H3,(H2,18,19). The normalized spacial score (nSPS) is 24.0. The minimum atomic E-state index is -0.497. The second-order valence-corrected chi connectivity index (χ2v) is 6.36. The molecular weight excluding hydrogens is 248 g/mol. The number of amidine groups is 1. The number of nitrogens with zero attached hydrogens (tertiary/aromatic N) is 1. The largest absolute Gasteiger partial charge is 0.387 e. The fourth-order valence-corrected chi connectivity index (χ4v) is 2.66. The van der Waals surface area contributed by atoms with Crippen LogP contribution in [0.1, 0.15) is 39.2 Å². The first-order valence-electron chi connectivity index (χ1n) is 7.35. The van der Waals surface area contributed by atoms with Gasteiger partial charge in [0.25, 0.3) is 0 Å². The topological polar surface area (TPSA) is 55.4 Å². The molecule has 0 saturated heterocycles. The molecule has 0 spiro atoms. The van der Waals surface area contributed by atoms with E-state index in [1.54, 1.807) is 0 Å². The lowest BCUT2D eigenvalue weighted by Gasteiger charge is -2.16. The van der Waals surface area contributed by atoms with Crippen LogP contribution in [0.5, 0.6) is 0 Å². The predicted octanol–water partition coefficient (Wildman–Crippen LogP) is 2.98. The van der Waals surface area contributed by atoms with Gasteiger partial charge in [-0.25, -0.2) is 0 Å². The van der Waals surface area contributed by atoms with Crippen LogP contribution in [0.15, 0.2) is 35.3 Å². The highest BCUT2D eigenvalue weighted by atomic mass is 16.1. The second-order valence-electron chi connectivity index (χ2n) is 6.36. The van der Waals surface area contributed by atoms with Crippen LogP contribution in [0.3, 0.4) is 0 Å². The number of Topliss-reactive ketones (excluding diaryl/α,β-unsaturated/α-hetero) is 1. The highest BCUT2D eigenvalue weighted by molar-refractivity contribution is 6.07. The van der Waals surface area contributed by atoms with E-state index in [-0.39, 0.29) is 11.7 Å². The average molecular weight is 272 g/mol. The number of hydrogen-bond donors (Lipinski definition) is 1. The van der Waals surface area contributed by atoms with Gasteiger partial charge in [-0.3, -0.25) is 9.79 Å². The summed E-state index contributed by atoms with van der Waals surface area (Å²) in [7, 11) is 0. The molecule has 1 aromatic carbocycles. The molecule has 20 heavy (non-hydrogen) atoms. The van der Waals surface area contributed by atoms with Crippen molar-refractivity contribution < 1.29 is 4.79 Å². The molecule has 2 rings (SSSR count). The lowest BCUT2D eigenvalue weighted by Crippen LogP contribution is -2.27. The molecule has 3 heteroatoms. The summed E-state index contributed by atoms with van der Waals surface area (Å²) in [6.45, 7) is 6.31. The van der Waals surface area contributed by atoms with Crippen LogP contribution in [-0.4, -0.2) is 17.2 Å². The molecule has 0 amide bonds. The molecule has 0 bridgehead atoms. The van der Waals surface area contributed by atoms with Crippen molar-refractivity contribution in [3.63, 3.8) is 0 Å². The number of hydrogen-bond acceptors (Lipinski definition) is 2. The molecular formula is C17H24N2O. The molecule has 3 nitrogen and oxygen atoms in total. The average Bonchev–Trinajstić information content (AvgIpc) is 2.98. The summed E-state index contributed by atoms with van der Waals surface area (Å²) >= 11 is 0. The summed E-state index contributed by atoms with van der Waals surface area (Å²) in [6.07, 6.45) is 2.23. The van der Waals surface area contributed by atoms with Gasteiger partial charge < -0.3 is 5.73 Å². The van der Waals surface area contributed by atoms with E-state index in [2.05, 4.69) is 37.9 Å². The van der Waals surface area contributed by atoms with Crippen molar-refractivity contribution in [2.75, 3.05) is 0 Å². The minimum absolute atomic E-state index is 0.162. The zero-order valence-electron chi connectivity index (χ0n) is 12.6. The van der Waals surface area contributed by atoms with E-state index in [4.69, 9.17) is 5.73 Å². The molecule has 1 aromatic rings. The summed E-state index contributed by atoms with van der Waals surface area (Å²) in [5.41, 5.74) is 6.88. The smallest absolute Gasteiger partial charge is 0.163 e. The Balaban J connectivity index is 2.04. The maximum atomic E-state index is 11.7. The third-order valence-corrected chi connectivity index (χ3v) is 3.83. The molecule has 2 atom stereocenters. The first kappa shape index (κ1) is 14.8. The Labute approximate surface area is 121 Å². The van der Waals surface area contributed by atoms with Crippen molar-refractivity contribution in [1.82, 2.24) is 0 Å². The van der Waals surface area contributed by atoms with E-state index >= 15 is 0 Å². The number of rotatable bonds is 6. The van der Waals surface area contributed by atoms with E-state index in [9.17, 15) is 4.79 Å². The van der Waals surface area contributed by atoms with Gasteiger partial charge >= 0.3 is 0 Å². The Morgan fingerprint density at radius 3 is 2.40 bits per heavy atom. The first-order chi connectivity index (χ1) is 9.43. The van der Waals surface area contributed by atoms with Crippen molar-refractivity contribution in [3.8, 4) is 0 Å². The number of carbonyl (C=O) groups is 1. The maximum Gasteiger partial charge on any atom is 0.163 e. The Morgan fingerprint density at radius 2 is 1.90 bits per heavy atom. The highest BCUT2D eigenvalue weighted by Gasteiger charge is 2.54. The van der Waals surface area contributed by atoms with Gasteiger partial charge in [0, 0.05) is 12.3 Å². The fraction of sp³-hybridized carbons (Fsp3) is 0.529. The molecule has 1 aliphatic carbocycles. The maximum absolute atomic E-state index is 11.7. The van der Waals surface area contributed by atoms with Gasteiger partial charge in [-0.15, -0.1) is 0 Å². The molecule has 0 radical (unpaired) electrons. The quantitative estimate of drug-likeness (QED) is 0.639. The lowest BCUT2D eigenvalue weighted by atomic mass is 9.98. The van der Waals surface area contributed by atoms with Crippen LogP contribution in [0, 0.1) is 11.8 Å². The van der Waals surface area contributed by atoms with E-state index in [1.807, 2.05) is 18.2 Å². The zero-order chi connectivity index (χ0) is 14.8. The summed E-state index contributed by atoms with van der Waals surface area (Å²) in [5.74, 6) is 1.47. The van der Waals surface area contributed by atoms with E-state index in [1.165, 1.54) is 5.56 Å². The van der Waals surface area contributed by atoms with Gasteiger partial charge in [0.05, 0.1) is 5.84 Å². The van der Waals surface area contributed by atoms with E-state index < -0.39 is 5.54 Å². The molecule has 0 heterocycles. The van der Waals surface area contributed by atoms with Crippen molar-refractivity contribution in [1.29, 1.82) is 0 Å². The van der Waals surface area contributed by atoms with E-state index in [0.717, 1.165) is 12.8 Å². The molecule has 1 aliphatic rings. The van der Waals surface area contributed by atoms with Crippen molar-refractivity contribution in [2.24, 2.45) is 22.6 Å². The number of nitrogens with two attached hydrogens (primary N) is 1. The van der Waals surface area contributed by atoms with Crippen LogP contribution >= 0.6 is 0 Å². The van der Waals surface area contributed by atoms with Crippen LogP contribution in [0.4, 0.5) is 0 Å². The third-order valence-electron chi connectivity index (χ3n) is 3.83. The highest BCUT2D eigenvalue weighted by Crippen LogP contribution is 2.41. The summed E-state index contributed by atoms with van der Waals surface area (Å²) in [6, 6.07) is 10.2. The molecule has 2 unspecified atom stereocenters. The fourth-order valence-electron chi connectivity index (χ4n) is 2.66. The third kappa shape index (κ3) is 3.47. The van der Waals surface area contributed by atoms with Gasteiger partial charge in [-0.2, -0.15) is 0 Å².